The number of benzene rings is 10. The van der Waals surface area contributed by atoms with Crippen LogP contribution < -0.4 is 9.80 Å². The second-order valence-corrected chi connectivity index (χ2v) is 19.3. The van der Waals surface area contributed by atoms with Crippen molar-refractivity contribution in [1.82, 2.24) is 9.97 Å². The Balaban J connectivity index is 0.954. The Labute approximate surface area is 428 Å². The first-order chi connectivity index (χ1) is 36.1. The Morgan fingerprint density at radius 1 is 0.356 bits per heavy atom. The molecule has 1 aromatic heterocycles. The average molecular weight is 937 g/mol. The summed E-state index contributed by atoms with van der Waals surface area (Å²) in [5, 5.41) is 0. The van der Waals surface area contributed by atoms with E-state index in [9.17, 15) is 0 Å². The Morgan fingerprint density at radius 3 is 1.32 bits per heavy atom. The van der Waals surface area contributed by atoms with Crippen molar-refractivity contribution >= 4 is 34.1 Å². The van der Waals surface area contributed by atoms with Crippen LogP contribution in [-0.2, 0) is 5.41 Å². The molecule has 4 nitrogen and oxygen atoms in total. The minimum Gasteiger partial charge on any atom is -0.310 e. The molecule has 0 radical (unpaired) electrons. The van der Waals surface area contributed by atoms with Crippen LogP contribution in [0.4, 0.5) is 34.1 Å². The molecule has 13 rings (SSSR count). The van der Waals surface area contributed by atoms with Crippen LogP contribution in [0.25, 0.3) is 22.5 Å². The van der Waals surface area contributed by atoms with Gasteiger partial charge in [0.05, 0.1) is 28.2 Å². The quantitative estimate of drug-likeness (QED) is 0.144. The molecule has 0 bridgehead atoms. The summed E-state index contributed by atoms with van der Waals surface area (Å²) in [6.45, 7) is 4.11. The molecule has 0 N–H and O–H groups in total. The summed E-state index contributed by atoms with van der Waals surface area (Å²) in [5.41, 5.74) is 21.5. The monoisotopic (exact) mass is 936 g/mol. The first-order valence-electron chi connectivity index (χ1n) is 25.3. The molecule has 2 aliphatic heterocycles. The second kappa shape index (κ2) is 18.2. The summed E-state index contributed by atoms with van der Waals surface area (Å²) in [7, 11) is 0. The fourth-order valence-electron chi connectivity index (χ4n) is 12.2. The molecule has 0 amide bonds. The van der Waals surface area contributed by atoms with Crippen molar-refractivity contribution < 1.29 is 0 Å². The van der Waals surface area contributed by atoms with Gasteiger partial charge in [0.25, 0.3) is 0 Å². The van der Waals surface area contributed by atoms with E-state index in [0.29, 0.717) is 0 Å². The van der Waals surface area contributed by atoms with Gasteiger partial charge < -0.3 is 9.80 Å². The van der Waals surface area contributed by atoms with Gasteiger partial charge in [-0.3, -0.25) is 0 Å². The van der Waals surface area contributed by atoms with Gasteiger partial charge in [-0.2, -0.15) is 0 Å². The molecule has 0 fully saturated rings. The molecule has 2 aliphatic rings. The van der Waals surface area contributed by atoms with Crippen molar-refractivity contribution in [1.29, 1.82) is 0 Å². The lowest BCUT2D eigenvalue weighted by Crippen LogP contribution is -2.37. The van der Waals surface area contributed by atoms with E-state index < -0.39 is 5.41 Å². The van der Waals surface area contributed by atoms with Gasteiger partial charge in [0, 0.05) is 51.3 Å². The largest absolute Gasteiger partial charge is 0.310 e. The predicted molar refractivity (Wildman–Crippen MR) is 300 cm³/mol. The minimum atomic E-state index is -0.644. The van der Waals surface area contributed by atoms with Gasteiger partial charge in [0.1, 0.15) is 5.82 Å². The molecule has 3 heterocycles. The zero-order valence-corrected chi connectivity index (χ0v) is 40.8. The summed E-state index contributed by atoms with van der Waals surface area (Å²) in [5.74, 6) is 0.823. The third kappa shape index (κ3) is 7.28. The SMILES string of the molecule is Cc1nc(-c2ccccc2)c(C)c(-c2ccc(N3c4ccccc4C(c4ccccc4)(c4ccc(C(c5ccccc5)C5c6ccccc6N(c6ccccc6)c6ccccc65)cc4)c4ccccc43)cc2)n1. The molecule has 0 saturated heterocycles. The Kier molecular flexibility index (Phi) is 11.0. The Morgan fingerprint density at radius 2 is 0.753 bits per heavy atom. The third-order valence-electron chi connectivity index (χ3n) is 15.2. The van der Waals surface area contributed by atoms with E-state index in [-0.39, 0.29) is 11.8 Å². The van der Waals surface area contributed by atoms with Crippen LogP contribution in [0.1, 0.15) is 67.7 Å². The van der Waals surface area contributed by atoms with Crippen LogP contribution in [0.2, 0.25) is 0 Å². The minimum absolute atomic E-state index is 0.0209. The van der Waals surface area contributed by atoms with Crippen molar-refractivity contribution in [2.24, 2.45) is 0 Å². The molecule has 0 saturated carbocycles. The lowest BCUT2D eigenvalue weighted by atomic mass is 9.62. The number of hydrogen-bond acceptors (Lipinski definition) is 4. The molecule has 348 valence electrons. The number of aryl methyl sites for hydroxylation is 1. The highest BCUT2D eigenvalue weighted by Crippen LogP contribution is 2.59. The van der Waals surface area contributed by atoms with E-state index in [2.05, 4.69) is 278 Å². The number of fused-ring (bicyclic) bond motifs is 4. The van der Waals surface area contributed by atoms with Gasteiger partial charge in [0.15, 0.2) is 0 Å². The van der Waals surface area contributed by atoms with Crippen molar-refractivity contribution in [2.45, 2.75) is 31.1 Å². The van der Waals surface area contributed by atoms with Crippen molar-refractivity contribution in [3.63, 3.8) is 0 Å². The molecule has 11 aromatic rings. The topological polar surface area (TPSA) is 32.3 Å². The lowest BCUT2D eigenvalue weighted by Gasteiger charge is -2.46. The van der Waals surface area contributed by atoms with E-state index in [1.54, 1.807) is 0 Å². The molecule has 10 aromatic carbocycles. The first kappa shape index (κ1) is 43.9. The highest BCUT2D eigenvalue weighted by atomic mass is 15.2. The fraction of sp³-hybridized carbons (Fsp3) is 0.0725. The summed E-state index contributed by atoms with van der Waals surface area (Å²) in [6, 6.07) is 98.1. The Bertz CT molecular complexity index is 3670. The van der Waals surface area contributed by atoms with Gasteiger partial charge in [-0.15, -0.1) is 0 Å². The smallest absolute Gasteiger partial charge is 0.126 e. The molecular weight excluding hydrogens is 885 g/mol. The summed E-state index contributed by atoms with van der Waals surface area (Å²) >= 11 is 0. The van der Waals surface area contributed by atoms with E-state index in [0.717, 1.165) is 56.7 Å². The molecular formula is C69H52N4. The number of aromatic nitrogens is 2. The average Bonchev–Trinajstić information content (AvgIpc) is 3.46. The number of hydrogen-bond donors (Lipinski definition) is 0. The molecule has 1 atom stereocenters. The molecule has 4 heteroatoms. The standard InChI is InChI=1S/C69H52N4/c1-47-67(51-25-9-4-10-26-51)70-48(2)71-68(47)52-41-45-56(46-42-52)73-63-37-21-17-33-59(63)69(53-27-11-5-12-28-53,60-34-18-22-38-64(60)73)54-43-39-50(40-44-54)65(49-23-7-3-8-24-49)66-57-31-15-19-35-61(57)72(55-29-13-6-14-30-55)62-36-20-16-32-58(62)66/h3-46,65-66H,1-2H3. The maximum atomic E-state index is 5.00. The zero-order valence-electron chi connectivity index (χ0n) is 40.8. The van der Waals surface area contributed by atoms with Crippen LogP contribution in [0, 0.1) is 13.8 Å². The lowest BCUT2D eigenvalue weighted by molar-refractivity contribution is 0.683. The maximum absolute atomic E-state index is 5.00. The highest BCUT2D eigenvalue weighted by Gasteiger charge is 2.47. The second-order valence-electron chi connectivity index (χ2n) is 19.3. The summed E-state index contributed by atoms with van der Waals surface area (Å²) in [4.78, 5) is 14.8. The van der Waals surface area contributed by atoms with Gasteiger partial charge in [-0.05, 0) is 107 Å². The molecule has 73 heavy (non-hydrogen) atoms. The van der Waals surface area contributed by atoms with E-state index >= 15 is 0 Å². The maximum Gasteiger partial charge on any atom is 0.126 e. The van der Waals surface area contributed by atoms with Gasteiger partial charge in [0.2, 0.25) is 0 Å². The first-order valence-corrected chi connectivity index (χ1v) is 25.3. The fourth-order valence-corrected chi connectivity index (χ4v) is 12.2. The van der Waals surface area contributed by atoms with Crippen LogP contribution in [-0.4, -0.2) is 9.97 Å². The van der Waals surface area contributed by atoms with Crippen molar-refractivity contribution in [3.8, 4) is 22.5 Å². The van der Waals surface area contributed by atoms with Gasteiger partial charge in [-0.1, -0.05) is 218 Å². The van der Waals surface area contributed by atoms with Crippen LogP contribution in [0.15, 0.2) is 267 Å². The zero-order chi connectivity index (χ0) is 48.9. The van der Waals surface area contributed by atoms with E-state index in [4.69, 9.17) is 9.97 Å². The number of rotatable bonds is 9. The summed E-state index contributed by atoms with van der Waals surface area (Å²) in [6.07, 6.45) is 0. The summed E-state index contributed by atoms with van der Waals surface area (Å²) < 4.78 is 0. The van der Waals surface area contributed by atoms with Crippen LogP contribution in [0.5, 0.6) is 0 Å². The van der Waals surface area contributed by atoms with Crippen molar-refractivity contribution in [2.75, 3.05) is 9.80 Å². The number of anilines is 6. The van der Waals surface area contributed by atoms with Crippen molar-refractivity contribution in [3.05, 3.63) is 323 Å². The van der Waals surface area contributed by atoms with Gasteiger partial charge >= 0.3 is 0 Å². The van der Waals surface area contributed by atoms with E-state index in [1.165, 1.54) is 55.9 Å². The highest BCUT2D eigenvalue weighted by molar-refractivity contribution is 5.90. The molecule has 0 aliphatic carbocycles. The third-order valence-corrected chi connectivity index (χ3v) is 15.2. The number of nitrogens with zero attached hydrogens (tertiary/aromatic N) is 4. The molecule has 0 spiro atoms. The Hall–Kier alpha value is -9.12. The molecule has 1 unspecified atom stereocenters. The van der Waals surface area contributed by atoms with E-state index in [1.807, 2.05) is 13.0 Å². The normalized spacial score (nSPS) is 13.8. The van der Waals surface area contributed by atoms with Crippen LogP contribution in [0.3, 0.4) is 0 Å². The number of para-hydroxylation sites is 5. The van der Waals surface area contributed by atoms with Crippen LogP contribution >= 0.6 is 0 Å². The van der Waals surface area contributed by atoms with Gasteiger partial charge in [-0.25, -0.2) is 9.97 Å². The predicted octanol–water partition coefficient (Wildman–Crippen LogP) is 17.3.